The maximum atomic E-state index is 11.9. The molecule has 0 saturated carbocycles. The van der Waals surface area contributed by atoms with Gasteiger partial charge < -0.3 is 9.47 Å². The summed E-state index contributed by atoms with van der Waals surface area (Å²) < 4.78 is 35.0. The lowest BCUT2D eigenvalue weighted by molar-refractivity contribution is 0.230. The van der Waals surface area contributed by atoms with E-state index >= 15 is 0 Å². The van der Waals surface area contributed by atoms with Crippen LogP contribution in [-0.4, -0.2) is 27.8 Å². The van der Waals surface area contributed by atoms with Crippen molar-refractivity contribution < 1.29 is 17.9 Å². The number of nitrogens with one attached hydrogen (secondary N) is 1. The molecule has 0 aliphatic carbocycles. The zero-order valence-corrected chi connectivity index (χ0v) is 14.6. The molecular formula is C15H18N2O4S2. The van der Waals surface area contributed by atoms with Crippen molar-refractivity contribution in [3.05, 3.63) is 41.3 Å². The minimum Gasteiger partial charge on any atom is -0.493 e. The average molecular weight is 354 g/mol. The second-order valence-corrected chi connectivity index (χ2v) is 7.70. The highest BCUT2D eigenvalue weighted by atomic mass is 32.2. The van der Waals surface area contributed by atoms with Crippen molar-refractivity contribution in [3.8, 4) is 11.5 Å². The number of sulfonamides is 1. The van der Waals surface area contributed by atoms with Crippen molar-refractivity contribution in [2.45, 2.75) is 24.2 Å². The fraction of sp³-hybridized carbons (Fsp3) is 0.267. The summed E-state index contributed by atoms with van der Waals surface area (Å²) in [5, 5.41) is 5.47. The van der Waals surface area contributed by atoms with Gasteiger partial charge in [0.15, 0.2) is 11.5 Å². The molecular weight excluding hydrogens is 336 g/mol. The van der Waals surface area contributed by atoms with E-state index in [-0.39, 0.29) is 10.3 Å². The molecule has 2 aromatic rings. The van der Waals surface area contributed by atoms with Crippen LogP contribution < -0.4 is 14.3 Å². The number of ether oxygens (including phenoxy) is 2. The molecule has 0 aliphatic heterocycles. The third kappa shape index (κ3) is 4.70. The van der Waals surface area contributed by atoms with Gasteiger partial charge in [-0.2, -0.15) is 18.4 Å². The van der Waals surface area contributed by atoms with Crippen molar-refractivity contribution in [2.75, 3.05) is 7.11 Å². The SMILES string of the molecule is COc1cc(/C=N/NS(=O)(=O)c2cccs2)ccc1OC(C)C. The van der Waals surface area contributed by atoms with E-state index in [1.54, 1.807) is 36.8 Å². The summed E-state index contributed by atoms with van der Waals surface area (Å²) in [6.45, 7) is 3.85. The van der Waals surface area contributed by atoms with Crippen molar-refractivity contribution in [3.63, 3.8) is 0 Å². The lowest BCUT2D eigenvalue weighted by Crippen LogP contribution is -2.17. The first-order valence-corrected chi connectivity index (χ1v) is 9.21. The maximum Gasteiger partial charge on any atom is 0.286 e. The predicted molar refractivity (Wildman–Crippen MR) is 91.0 cm³/mol. The largest absolute Gasteiger partial charge is 0.493 e. The van der Waals surface area contributed by atoms with Crippen LogP contribution in [-0.2, 0) is 10.0 Å². The summed E-state index contributed by atoms with van der Waals surface area (Å²) >= 11 is 1.13. The Bertz CT molecular complexity index is 769. The van der Waals surface area contributed by atoms with Gasteiger partial charge >= 0.3 is 0 Å². The van der Waals surface area contributed by atoms with Crippen LogP contribution in [0.15, 0.2) is 45.0 Å². The first-order chi connectivity index (χ1) is 10.9. The molecule has 1 aromatic heterocycles. The van der Waals surface area contributed by atoms with Gasteiger partial charge in [0, 0.05) is 0 Å². The van der Waals surface area contributed by atoms with Crippen LogP contribution in [0.5, 0.6) is 11.5 Å². The number of thiophene rings is 1. The Labute approximate surface area is 139 Å². The minimum atomic E-state index is -3.61. The van der Waals surface area contributed by atoms with Gasteiger partial charge in [-0.25, -0.2) is 0 Å². The van der Waals surface area contributed by atoms with Crippen LogP contribution in [0.3, 0.4) is 0 Å². The molecule has 1 N–H and O–H groups in total. The molecule has 0 bridgehead atoms. The minimum absolute atomic E-state index is 0.0287. The van der Waals surface area contributed by atoms with Crippen LogP contribution in [0.25, 0.3) is 0 Å². The van der Waals surface area contributed by atoms with E-state index in [1.165, 1.54) is 12.3 Å². The molecule has 6 nitrogen and oxygen atoms in total. The Morgan fingerprint density at radius 3 is 2.65 bits per heavy atom. The number of nitrogens with zero attached hydrogens (tertiary/aromatic N) is 1. The third-order valence-corrected chi connectivity index (χ3v) is 5.32. The van der Waals surface area contributed by atoms with Crippen LogP contribution >= 0.6 is 11.3 Å². The molecule has 0 spiro atoms. The summed E-state index contributed by atoms with van der Waals surface area (Å²) in [4.78, 5) is 2.17. The molecule has 0 fully saturated rings. The van der Waals surface area contributed by atoms with E-state index in [4.69, 9.17) is 9.47 Å². The summed E-state index contributed by atoms with van der Waals surface area (Å²) in [5.41, 5.74) is 0.687. The number of benzene rings is 1. The molecule has 0 unspecified atom stereocenters. The molecule has 0 saturated heterocycles. The molecule has 1 heterocycles. The lowest BCUT2D eigenvalue weighted by atomic mass is 10.2. The van der Waals surface area contributed by atoms with Gasteiger partial charge in [-0.05, 0) is 49.1 Å². The summed E-state index contributed by atoms with van der Waals surface area (Å²) in [5.74, 6) is 1.18. The maximum absolute atomic E-state index is 11.9. The van der Waals surface area contributed by atoms with E-state index in [0.717, 1.165) is 11.3 Å². The number of hydrogen-bond acceptors (Lipinski definition) is 6. The Morgan fingerprint density at radius 2 is 2.04 bits per heavy atom. The van der Waals surface area contributed by atoms with Crippen molar-refractivity contribution in [1.29, 1.82) is 0 Å². The highest BCUT2D eigenvalue weighted by Gasteiger charge is 2.13. The first kappa shape index (κ1) is 17.3. The number of rotatable bonds is 7. The van der Waals surface area contributed by atoms with E-state index in [1.807, 2.05) is 13.8 Å². The predicted octanol–water partition coefficient (Wildman–Crippen LogP) is 2.86. The van der Waals surface area contributed by atoms with Gasteiger partial charge in [0.1, 0.15) is 4.21 Å². The van der Waals surface area contributed by atoms with Crippen LogP contribution in [0.4, 0.5) is 0 Å². The topological polar surface area (TPSA) is 77.0 Å². The van der Waals surface area contributed by atoms with Crippen molar-refractivity contribution in [2.24, 2.45) is 5.10 Å². The van der Waals surface area contributed by atoms with E-state index < -0.39 is 10.0 Å². The van der Waals surface area contributed by atoms with Crippen LogP contribution in [0.1, 0.15) is 19.4 Å². The quantitative estimate of drug-likeness (QED) is 0.613. The third-order valence-electron chi connectivity index (χ3n) is 2.70. The van der Waals surface area contributed by atoms with Gasteiger partial charge in [0.05, 0.1) is 19.4 Å². The second-order valence-electron chi connectivity index (χ2n) is 4.86. The van der Waals surface area contributed by atoms with Crippen molar-refractivity contribution in [1.82, 2.24) is 4.83 Å². The highest BCUT2D eigenvalue weighted by molar-refractivity contribution is 7.91. The van der Waals surface area contributed by atoms with Crippen molar-refractivity contribution >= 4 is 27.6 Å². The van der Waals surface area contributed by atoms with Gasteiger partial charge in [-0.1, -0.05) is 6.07 Å². The molecule has 1 aromatic carbocycles. The van der Waals surface area contributed by atoms with E-state index in [2.05, 4.69) is 9.93 Å². The van der Waals surface area contributed by atoms with Crippen LogP contribution in [0, 0.1) is 0 Å². The standard InChI is InChI=1S/C15H18N2O4S2/c1-11(2)21-13-7-6-12(9-14(13)20-3)10-16-17-23(18,19)15-5-4-8-22-15/h4-11,17H,1-3H3/b16-10+. The molecule has 0 aliphatic rings. The molecule has 0 radical (unpaired) electrons. The van der Waals surface area contributed by atoms with E-state index in [9.17, 15) is 8.42 Å². The monoisotopic (exact) mass is 354 g/mol. The second kappa shape index (κ2) is 7.47. The fourth-order valence-corrected chi connectivity index (χ4v) is 3.52. The Balaban J connectivity index is 2.11. The average Bonchev–Trinajstić information content (AvgIpc) is 3.03. The summed E-state index contributed by atoms with van der Waals surface area (Å²) in [7, 11) is -2.07. The van der Waals surface area contributed by atoms with Gasteiger partial charge in [-0.15, -0.1) is 11.3 Å². The highest BCUT2D eigenvalue weighted by Crippen LogP contribution is 2.28. The first-order valence-electron chi connectivity index (χ1n) is 6.85. The number of hydrazone groups is 1. The normalized spacial score (nSPS) is 11.8. The van der Waals surface area contributed by atoms with Gasteiger partial charge in [-0.3, -0.25) is 0 Å². The van der Waals surface area contributed by atoms with Gasteiger partial charge in [0.25, 0.3) is 10.0 Å². The molecule has 0 atom stereocenters. The number of hydrogen-bond donors (Lipinski definition) is 1. The summed E-state index contributed by atoms with van der Waals surface area (Å²) in [6, 6.07) is 8.43. The molecule has 2 rings (SSSR count). The fourth-order valence-electron chi connectivity index (χ4n) is 1.75. The smallest absolute Gasteiger partial charge is 0.286 e. The lowest BCUT2D eigenvalue weighted by Gasteiger charge is -2.13. The Hall–Kier alpha value is -2.06. The molecule has 0 amide bonds. The summed E-state index contributed by atoms with van der Waals surface area (Å²) in [6.07, 6.45) is 1.44. The van der Waals surface area contributed by atoms with Gasteiger partial charge in [0.2, 0.25) is 0 Å². The Kier molecular flexibility index (Phi) is 5.62. The van der Waals surface area contributed by atoms with Crippen LogP contribution in [0.2, 0.25) is 0 Å². The molecule has 23 heavy (non-hydrogen) atoms. The number of methoxy groups -OCH3 is 1. The Morgan fingerprint density at radius 1 is 1.26 bits per heavy atom. The van der Waals surface area contributed by atoms with E-state index in [0.29, 0.717) is 17.1 Å². The molecule has 8 heteroatoms. The zero-order valence-electron chi connectivity index (χ0n) is 13.0. The molecule has 124 valence electrons. The zero-order chi connectivity index (χ0) is 16.9.